The highest BCUT2D eigenvalue weighted by Gasteiger charge is 2.19. The van der Waals surface area contributed by atoms with Crippen LogP contribution in [-0.2, 0) is 13.0 Å². The Hall–Kier alpha value is -1.58. The molecule has 0 atom stereocenters. The number of likely N-dealkylation sites (N-methyl/N-ethyl adjacent to an activating group) is 1. The molecule has 1 aliphatic heterocycles. The van der Waals surface area contributed by atoms with Gasteiger partial charge in [-0.3, -0.25) is 4.99 Å². The Morgan fingerprint density at radius 3 is 2.53 bits per heavy atom. The van der Waals surface area contributed by atoms with E-state index >= 15 is 0 Å². The fourth-order valence-corrected chi connectivity index (χ4v) is 3.98. The smallest absolute Gasteiger partial charge is 0.191 e. The molecule has 0 aliphatic carbocycles. The fraction of sp³-hybridized carbons (Fsp3) is 0.500. The van der Waals surface area contributed by atoms with Crippen LogP contribution in [0.2, 0.25) is 5.02 Å². The van der Waals surface area contributed by atoms with Crippen molar-refractivity contribution in [2.45, 2.75) is 26.8 Å². The number of guanidine groups is 1. The van der Waals surface area contributed by atoms with E-state index in [1.165, 1.54) is 11.1 Å². The first-order valence-corrected chi connectivity index (χ1v) is 11.3. The average Bonchev–Trinajstić information content (AvgIpc) is 2.74. The molecule has 6 nitrogen and oxygen atoms in total. The van der Waals surface area contributed by atoms with Crippen molar-refractivity contribution in [1.82, 2.24) is 20.5 Å². The topological polar surface area (TPSA) is 55.8 Å². The van der Waals surface area contributed by atoms with Gasteiger partial charge in [0.15, 0.2) is 5.96 Å². The van der Waals surface area contributed by atoms with Crippen molar-refractivity contribution in [3.8, 4) is 0 Å². The molecule has 32 heavy (non-hydrogen) atoms. The molecule has 1 fully saturated rings. The molecule has 2 aromatic rings. The van der Waals surface area contributed by atoms with E-state index in [-0.39, 0.29) is 29.4 Å². The minimum Gasteiger partial charge on any atom is -0.356 e. The van der Waals surface area contributed by atoms with E-state index in [0.717, 1.165) is 55.9 Å². The lowest BCUT2D eigenvalue weighted by molar-refractivity contribution is 0.312. The third-order valence-corrected chi connectivity index (χ3v) is 5.86. The monoisotopic (exact) mass is 570 g/mol. The van der Waals surface area contributed by atoms with Crippen molar-refractivity contribution in [3.05, 3.63) is 58.7 Å². The van der Waals surface area contributed by atoms with Gasteiger partial charge in [-0.25, -0.2) is 4.98 Å². The predicted octanol–water partition coefficient (Wildman–Crippen LogP) is 4.04. The molecule has 0 spiro atoms. The molecule has 0 unspecified atom stereocenters. The maximum Gasteiger partial charge on any atom is 0.191 e. The highest BCUT2D eigenvalue weighted by molar-refractivity contribution is 14.0. The van der Waals surface area contributed by atoms with Gasteiger partial charge in [-0.2, -0.15) is 0 Å². The van der Waals surface area contributed by atoms with Gasteiger partial charge >= 0.3 is 0 Å². The third kappa shape index (κ3) is 8.41. The maximum atomic E-state index is 6.14. The summed E-state index contributed by atoms with van der Waals surface area (Å²) in [5.74, 6) is 1.86. The van der Waals surface area contributed by atoms with Crippen molar-refractivity contribution in [2.24, 2.45) is 10.4 Å². The average molecular weight is 571 g/mol. The van der Waals surface area contributed by atoms with Gasteiger partial charge in [-0.15, -0.1) is 24.0 Å². The van der Waals surface area contributed by atoms with E-state index in [1.807, 2.05) is 31.4 Å². The summed E-state index contributed by atoms with van der Waals surface area (Å²) in [6.45, 7) is 10.2. The third-order valence-electron chi connectivity index (χ3n) is 5.63. The van der Waals surface area contributed by atoms with E-state index in [0.29, 0.717) is 6.54 Å². The summed E-state index contributed by atoms with van der Waals surface area (Å²) >= 11 is 6.14. The summed E-state index contributed by atoms with van der Waals surface area (Å²) in [6, 6.07) is 12.3. The number of rotatable bonds is 7. The lowest BCUT2D eigenvalue weighted by atomic mass is 9.86. The Labute approximate surface area is 214 Å². The molecule has 0 saturated carbocycles. The first-order chi connectivity index (χ1) is 14.8. The van der Waals surface area contributed by atoms with Crippen molar-refractivity contribution in [1.29, 1.82) is 0 Å². The number of piperazine rings is 1. The maximum absolute atomic E-state index is 6.14. The molecular formula is C24H36ClIN6. The van der Waals surface area contributed by atoms with E-state index in [1.54, 1.807) is 0 Å². The number of aliphatic imine (C=N–C) groups is 1. The molecule has 0 amide bonds. The molecule has 0 bridgehead atoms. The van der Waals surface area contributed by atoms with Gasteiger partial charge in [0.2, 0.25) is 0 Å². The quantitative estimate of drug-likeness (QED) is 0.299. The zero-order valence-corrected chi connectivity index (χ0v) is 22.7. The van der Waals surface area contributed by atoms with Crippen LogP contribution in [0.25, 0.3) is 0 Å². The summed E-state index contributed by atoms with van der Waals surface area (Å²) in [7, 11) is 3.97. The standard InChI is InChI=1S/C24H35ClN6.HI/c1-24(2,16-19-6-5-7-21(25)14-19)18-29-23(26-3)28-17-20-8-9-27-22(15-20)31-12-10-30(4)11-13-31;/h5-9,14-15H,10-13,16-18H2,1-4H3,(H2,26,28,29);1H. The minimum absolute atomic E-state index is 0. The minimum atomic E-state index is 0. The number of hydrogen-bond acceptors (Lipinski definition) is 4. The van der Waals surface area contributed by atoms with E-state index in [4.69, 9.17) is 11.6 Å². The molecule has 176 valence electrons. The Morgan fingerprint density at radius 1 is 1.09 bits per heavy atom. The van der Waals surface area contributed by atoms with Crippen LogP contribution in [0.15, 0.2) is 47.6 Å². The Bertz CT molecular complexity index is 880. The number of anilines is 1. The summed E-state index contributed by atoms with van der Waals surface area (Å²) in [5.41, 5.74) is 2.51. The van der Waals surface area contributed by atoms with Crippen molar-refractivity contribution >= 4 is 47.4 Å². The SMILES string of the molecule is CN=C(NCc1ccnc(N2CCN(C)CC2)c1)NCC(C)(C)Cc1cccc(Cl)c1.I. The lowest BCUT2D eigenvalue weighted by Crippen LogP contribution is -2.45. The highest BCUT2D eigenvalue weighted by atomic mass is 127. The largest absolute Gasteiger partial charge is 0.356 e. The van der Waals surface area contributed by atoms with Gasteiger partial charge in [0, 0.05) is 57.5 Å². The van der Waals surface area contributed by atoms with Crippen LogP contribution in [0.3, 0.4) is 0 Å². The van der Waals surface area contributed by atoms with Gasteiger partial charge in [-0.05, 0) is 54.3 Å². The first-order valence-electron chi connectivity index (χ1n) is 10.9. The van der Waals surface area contributed by atoms with Crippen LogP contribution in [0.1, 0.15) is 25.0 Å². The molecule has 1 aromatic heterocycles. The number of nitrogens with one attached hydrogen (secondary N) is 2. The summed E-state index contributed by atoms with van der Waals surface area (Å²) in [4.78, 5) is 13.7. The molecule has 0 radical (unpaired) electrons. The van der Waals surface area contributed by atoms with Crippen LogP contribution in [0.4, 0.5) is 5.82 Å². The van der Waals surface area contributed by atoms with Crippen molar-refractivity contribution < 1.29 is 0 Å². The Balaban J connectivity index is 0.00000363. The van der Waals surface area contributed by atoms with Gasteiger partial charge in [0.05, 0.1) is 0 Å². The Morgan fingerprint density at radius 2 is 1.84 bits per heavy atom. The lowest BCUT2D eigenvalue weighted by Gasteiger charge is -2.33. The number of aromatic nitrogens is 1. The number of benzene rings is 1. The second kappa shape index (κ2) is 12.6. The highest BCUT2D eigenvalue weighted by Crippen LogP contribution is 2.23. The van der Waals surface area contributed by atoms with Crippen molar-refractivity contribution in [3.63, 3.8) is 0 Å². The predicted molar refractivity (Wildman–Crippen MR) is 147 cm³/mol. The molecule has 1 aliphatic rings. The van der Waals surface area contributed by atoms with Crippen molar-refractivity contribution in [2.75, 3.05) is 51.7 Å². The second-order valence-electron chi connectivity index (χ2n) is 9.06. The van der Waals surface area contributed by atoms with E-state index < -0.39 is 0 Å². The molecule has 1 aromatic carbocycles. The number of pyridine rings is 1. The fourth-order valence-electron chi connectivity index (χ4n) is 3.77. The Kier molecular flexibility index (Phi) is 10.5. The van der Waals surface area contributed by atoms with Crippen LogP contribution in [0.5, 0.6) is 0 Å². The van der Waals surface area contributed by atoms with E-state index in [2.05, 4.69) is 69.5 Å². The molecule has 2 N–H and O–H groups in total. The van der Waals surface area contributed by atoms with Gasteiger partial charge in [-0.1, -0.05) is 37.6 Å². The summed E-state index contributed by atoms with van der Waals surface area (Å²) < 4.78 is 0. The zero-order valence-electron chi connectivity index (χ0n) is 19.6. The van der Waals surface area contributed by atoms with Crippen LogP contribution >= 0.6 is 35.6 Å². The van der Waals surface area contributed by atoms with Crippen LogP contribution in [-0.4, -0.2) is 62.7 Å². The van der Waals surface area contributed by atoms with Crippen LogP contribution < -0.4 is 15.5 Å². The first kappa shape index (κ1) is 26.7. The van der Waals surface area contributed by atoms with Gasteiger partial charge in [0.25, 0.3) is 0 Å². The normalized spacial score (nSPS) is 15.3. The zero-order chi connectivity index (χ0) is 22.3. The second-order valence-corrected chi connectivity index (χ2v) is 9.50. The summed E-state index contributed by atoms with van der Waals surface area (Å²) in [5, 5.41) is 7.69. The molecule has 2 heterocycles. The number of halogens is 2. The van der Waals surface area contributed by atoms with Gasteiger partial charge in [0.1, 0.15) is 5.82 Å². The molecule has 3 rings (SSSR count). The number of hydrogen-bond donors (Lipinski definition) is 2. The number of nitrogens with zero attached hydrogens (tertiary/aromatic N) is 4. The molecule has 8 heteroatoms. The summed E-state index contributed by atoms with van der Waals surface area (Å²) in [6.07, 6.45) is 2.84. The molecule has 1 saturated heterocycles. The van der Waals surface area contributed by atoms with Gasteiger partial charge < -0.3 is 20.4 Å². The van der Waals surface area contributed by atoms with Crippen LogP contribution in [0, 0.1) is 5.41 Å². The van der Waals surface area contributed by atoms with E-state index in [9.17, 15) is 0 Å². The molecular weight excluding hydrogens is 535 g/mol.